The third kappa shape index (κ3) is 2.60. The van der Waals surface area contributed by atoms with Crippen LogP contribution in [0.4, 0.5) is 4.79 Å². The summed E-state index contributed by atoms with van der Waals surface area (Å²) >= 11 is 0. The highest BCUT2D eigenvalue weighted by Gasteiger charge is 2.26. The Morgan fingerprint density at radius 3 is 2.27 bits per heavy atom. The van der Waals surface area contributed by atoms with Crippen molar-refractivity contribution in [1.82, 2.24) is 15.1 Å². The van der Waals surface area contributed by atoms with E-state index in [0.717, 1.165) is 26.2 Å². The Labute approximate surface area is 90.0 Å². The van der Waals surface area contributed by atoms with E-state index >= 15 is 0 Å². The van der Waals surface area contributed by atoms with E-state index < -0.39 is 6.09 Å². The zero-order chi connectivity index (χ0) is 10.7. The highest BCUT2D eigenvalue weighted by Crippen LogP contribution is 2.14. The van der Waals surface area contributed by atoms with Gasteiger partial charge in [-0.25, -0.2) is 4.79 Å². The van der Waals surface area contributed by atoms with Gasteiger partial charge in [0, 0.05) is 32.2 Å². The summed E-state index contributed by atoms with van der Waals surface area (Å²) < 4.78 is 0. The zero-order valence-electron chi connectivity index (χ0n) is 8.98. The van der Waals surface area contributed by atoms with Crippen molar-refractivity contribution < 1.29 is 9.90 Å². The van der Waals surface area contributed by atoms with Gasteiger partial charge in [0.05, 0.1) is 0 Å². The van der Waals surface area contributed by atoms with Gasteiger partial charge >= 0.3 is 6.09 Å². The molecule has 15 heavy (non-hydrogen) atoms. The molecule has 0 radical (unpaired) electrons. The molecule has 5 nitrogen and oxygen atoms in total. The summed E-state index contributed by atoms with van der Waals surface area (Å²) in [5.74, 6) is 0. The van der Waals surface area contributed by atoms with Gasteiger partial charge in [-0.2, -0.15) is 0 Å². The fourth-order valence-electron chi connectivity index (χ4n) is 2.45. The fraction of sp³-hybridized carbons (Fsp3) is 0.900. The number of nitrogens with zero attached hydrogens (tertiary/aromatic N) is 2. The van der Waals surface area contributed by atoms with Crippen molar-refractivity contribution in [1.29, 1.82) is 0 Å². The quantitative estimate of drug-likeness (QED) is 0.645. The molecular formula is C10H19N3O2. The average Bonchev–Trinajstić information content (AvgIpc) is 2.30. The summed E-state index contributed by atoms with van der Waals surface area (Å²) in [7, 11) is 0. The summed E-state index contributed by atoms with van der Waals surface area (Å²) in [4.78, 5) is 14.7. The molecule has 0 unspecified atom stereocenters. The van der Waals surface area contributed by atoms with E-state index in [-0.39, 0.29) is 0 Å². The molecular weight excluding hydrogens is 194 g/mol. The molecule has 5 heteroatoms. The van der Waals surface area contributed by atoms with Crippen LogP contribution in [0, 0.1) is 0 Å². The van der Waals surface area contributed by atoms with Crippen LogP contribution in [0.3, 0.4) is 0 Å². The van der Waals surface area contributed by atoms with E-state index in [4.69, 9.17) is 5.11 Å². The number of hydrogen-bond donors (Lipinski definition) is 2. The number of piperazine rings is 1. The van der Waals surface area contributed by atoms with Crippen LogP contribution >= 0.6 is 0 Å². The lowest BCUT2D eigenvalue weighted by Crippen LogP contribution is -2.53. The smallest absolute Gasteiger partial charge is 0.407 e. The first kappa shape index (κ1) is 10.7. The Bertz CT molecular complexity index is 221. The van der Waals surface area contributed by atoms with Crippen LogP contribution in [0.5, 0.6) is 0 Å². The van der Waals surface area contributed by atoms with Crippen LogP contribution < -0.4 is 5.32 Å². The summed E-state index contributed by atoms with van der Waals surface area (Å²) in [5.41, 5.74) is 0. The SMILES string of the molecule is O=C(O)N1CCN(C2CCNCC2)CC1. The maximum absolute atomic E-state index is 10.7. The summed E-state index contributed by atoms with van der Waals surface area (Å²) in [6.07, 6.45) is 1.63. The molecule has 1 amide bonds. The highest BCUT2D eigenvalue weighted by atomic mass is 16.4. The Kier molecular flexibility index (Phi) is 3.43. The first-order valence-electron chi connectivity index (χ1n) is 5.70. The van der Waals surface area contributed by atoms with Crippen LogP contribution in [0.15, 0.2) is 0 Å². The molecule has 2 aliphatic heterocycles. The summed E-state index contributed by atoms with van der Waals surface area (Å²) in [5, 5.41) is 12.2. The van der Waals surface area contributed by atoms with Gasteiger partial charge in [0.15, 0.2) is 0 Å². The lowest BCUT2D eigenvalue weighted by Gasteiger charge is -2.39. The number of nitrogens with one attached hydrogen (secondary N) is 1. The van der Waals surface area contributed by atoms with Crippen LogP contribution in [0.25, 0.3) is 0 Å². The minimum Gasteiger partial charge on any atom is -0.465 e. The van der Waals surface area contributed by atoms with Crippen molar-refractivity contribution in [2.75, 3.05) is 39.3 Å². The van der Waals surface area contributed by atoms with E-state index in [9.17, 15) is 4.79 Å². The van der Waals surface area contributed by atoms with Crippen LogP contribution in [0.1, 0.15) is 12.8 Å². The summed E-state index contributed by atoms with van der Waals surface area (Å²) in [6, 6.07) is 0.669. The second-order valence-electron chi connectivity index (χ2n) is 4.29. The minimum atomic E-state index is -0.778. The van der Waals surface area contributed by atoms with Crippen LogP contribution in [-0.2, 0) is 0 Å². The molecule has 2 heterocycles. The van der Waals surface area contributed by atoms with Crippen molar-refractivity contribution in [2.24, 2.45) is 0 Å². The van der Waals surface area contributed by atoms with E-state index in [1.165, 1.54) is 17.7 Å². The van der Waals surface area contributed by atoms with Crippen molar-refractivity contribution in [2.45, 2.75) is 18.9 Å². The number of rotatable bonds is 1. The van der Waals surface area contributed by atoms with Crippen LogP contribution in [-0.4, -0.2) is 66.3 Å². The maximum Gasteiger partial charge on any atom is 0.407 e. The molecule has 2 aliphatic rings. The molecule has 0 aromatic heterocycles. The number of amides is 1. The molecule has 0 aromatic carbocycles. The Hall–Kier alpha value is -0.810. The third-order valence-electron chi connectivity index (χ3n) is 3.41. The van der Waals surface area contributed by atoms with Crippen molar-refractivity contribution in [3.05, 3.63) is 0 Å². The molecule has 86 valence electrons. The Morgan fingerprint density at radius 2 is 1.73 bits per heavy atom. The fourth-order valence-corrected chi connectivity index (χ4v) is 2.45. The molecule has 2 fully saturated rings. The minimum absolute atomic E-state index is 0.666. The van der Waals surface area contributed by atoms with E-state index in [1.807, 2.05) is 0 Å². The molecule has 0 aliphatic carbocycles. The molecule has 2 saturated heterocycles. The monoisotopic (exact) mass is 213 g/mol. The lowest BCUT2D eigenvalue weighted by molar-refractivity contribution is 0.0755. The van der Waals surface area contributed by atoms with Gasteiger partial charge in [-0.15, -0.1) is 0 Å². The van der Waals surface area contributed by atoms with Crippen molar-refractivity contribution in [3.8, 4) is 0 Å². The first-order valence-corrected chi connectivity index (χ1v) is 5.70. The zero-order valence-corrected chi connectivity index (χ0v) is 8.98. The van der Waals surface area contributed by atoms with E-state index in [2.05, 4.69) is 10.2 Å². The van der Waals surface area contributed by atoms with Crippen molar-refractivity contribution in [3.63, 3.8) is 0 Å². The second-order valence-corrected chi connectivity index (χ2v) is 4.29. The van der Waals surface area contributed by atoms with Gasteiger partial charge in [0.25, 0.3) is 0 Å². The van der Waals surface area contributed by atoms with Gasteiger partial charge in [-0.3, -0.25) is 4.90 Å². The highest BCUT2D eigenvalue weighted by molar-refractivity contribution is 5.65. The van der Waals surface area contributed by atoms with Crippen molar-refractivity contribution >= 4 is 6.09 Å². The standard InChI is InChI=1S/C10H19N3O2/c14-10(15)13-7-5-12(6-8-13)9-1-3-11-4-2-9/h9,11H,1-8H2,(H,14,15). The van der Waals surface area contributed by atoms with Gasteiger partial charge in [0.2, 0.25) is 0 Å². The molecule has 0 saturated carbocycles. The van der Waals surface area contributed by atoms with Gasteiger partial charge < -0.3 is 15.3 Å². The van der Waals surface area contributed by atoms with Crippen LogP contribution in [0.2, 0.25) is 0 Å². The molecule has 0 bridgehead atoms. The number of piperidine rings is 1. The second kappa shape index (κ2) is 4.81. The Morgan fingerprint density at radius 1 is 1.13 bits per heavy atom. The molecule has 0 spiro atoms. The number of hydrogen-bond acceptors (Lipinski definition) is 3. The molecule has 2 rings (SSSR count). The topological polar surface area (TPSA) is 55.8 Å². The first-order chi connectivity index (χ1) is 7.27. The van der Waals surface area contributed by atoms with Gasteiger partial charge in [-0.05, 0) is 25.9 Å². The molecule has 0 atom stereocenters. The molecule has 2 N–H and O–H groups in total. The van der Waals surface area contributed by atoms with Gasteiger partial charge in [0.1, 0.15) is 0 Å². The Balaban J connectivity index is 1.79. The number of carbonyl (C=O) groups is 1. The predicted molar refractivity (Wildman–Crippen MR) is 57.1 cm³/mol. The largest absolute Gasteiger partial charge is 0.465 e. The van der Waals surface area contributed by atoms with E-state index in [1.54, 1.807) is 0 Å². The average molecular weight is 213 g/mol. The normalized spacial score (nSPS) is 25.5. The maximum atomic E-state index is 10.7. The third-order valence-corrected chi connectivity index (χ3v) is 3.41. The van der Waals surface area contributed by atoms with E-state index in [0.29, 0.717) is 19.1 Å². The number of carboxylic acid groups (broad SMARTS) is 1. The van der Waals surface area contributed by atoms with Gasteiger partial charge in [-0.1, -0.05) is 0 Å². The lowest BCUT2D eigenvalue weighted by atomic mass is 10.0. The molecule has 0 aromatic rings. The predicted octanol–water partition coefficient (Wildman–Crippen LogP) is 0.0340. The summed E-state index contributed by atoms with van der Waals surface area (Å²) in [6.45, 7) is 5.33.